The maximum absolute atomic E-state index is 12.9. The molecule has 1 fully saturated rings. The Balaban J connectivity index is 1.84. The second kappa shape index (κ2) is 7.05. The monoisotopic (exact) mass is 325 g/mol. The number of nitrogens with zero attached hydrogens (tertiary/aromatic N) is 5. The van der Waals surface area contributed by atoms with Gasteiger partial charge in [-0.25, -0.2) is 0 Å². The molecule has 1 saturated heterocycles. The van der Waals surface area contributed by atoms with Crippen LogP contribution in [0.4, 0.5) is 0 Å². The van der Waals surface area contributed by atoms with Gasteiger partial charge in [-0.05, 0) is 45.5 Å². The number of amides is 1. The fourth-order valence-electron chi connectivity index (χ4n) is 3.14. The summed E-state index contributed by atoms with van der Waals surface area (Å²) in [6.45, 7) is 3.43. The summed E-state index contributed by atoms with van der Waals surface area (Å²) in [4.78, 5) is 30.0. The number of hydrogen-bond donors (Lipinski definition) is 0. The molecule has 24 heavy (non-hydrogen) atoms. The van der Waals surface area contributed by atoms with Crippen LogP contribution in [0.2, 0.25) is 0 Å². The van der Waals surface area contributed by atoms with Gasteiger partial charge in [-0.1, -0.05) is 0 Å². The van der Waals surface area contributed by atoms with Crippen LogP contribution in [0.3, 0.4) is 0 Å². The number of aryl methyl sites for hydroxylation is 1. The van der Waals surface area contributed by atoms with Crippen molar-refractivity contribution in [3.63, 3.8) is 0 Å². The molecule has 3 heterocycles. The normalized spacial score (nSPS) is 17.5. The molecule has 1 aliphatic heterocycles. The molecule has 6 nitrogen and oxygen atoms in total. The second-order valence-corrected chi connectivity index (χ2v) is 6.58. The lowest BCUT2D eigenvalue weighted by Gasteiger charge is -2.24. The fraction of sp³-hybridized carbons (Fsp3) is 0.444. The Morgan fingerprint density at radius 1 is 1.25 bits per heavy atom. The number of carbonyl (C=O) groups is 1. The number of pyridine rings is 1. The van der Waals surface area contributed by atoms with Gasteiger partial charge in [-0.3, -0.25) is 19.7 Å². The van der Waals surface area contributed by atoms with Crippen LogP contribution in [0.1, 0.15) is 46.2 Å². The van der Waals surface area contributed by atoms with Gasteiger partial charge in [0.1, 0.15) is 0 Å². The molecule has 1 amide bonds. The van der Waals surface area contributed by atoms with Crippen LogP contribution < -0.4 is 0 Å². The molecule has 1 atom stereocenters. The summed E-state index contributed by atoms with van der Waals surface area (Å²) >= 11 is 0. The minimum absolute atomic E-state index is 0.00683. The van der Waals surface area contributed by atoms with Crippen molar-refractivity contribution in [3.05, 3.63) is 53.4 Å². The Morgan fingerprint density at radius 2 is 2.04 bits per heavy atom. The maximum Gasteiger partial charge on any atom is 0.255 e. The third kappa shape index (κ3) is 3.59. The van der Waals surface area contributed by atoms with Crippen molar-refractivity contribution < 1.29 is 4.79 Å². The van der Waals surface area contributed by atoms with E-state index in [4.69, 9.17) is 4.98 Å². The van der Waals surface area contributed by atoms with E-state index in [0.717, 1.165) is 42.9 Å². The van der Waals surface area contributed by atoms with Gasteiger partial charge < -0.3 is 9.80 Å². The minimum atomic E-state index is -0.00683. The zero-order valence-corrected chi connectivity index (χ0v) is 14.4. The van der Waals surface area contributed by atoms with Crippen molar-refractivity contribution >= 4 is 5.91 Å². The smallest absolute Gasteiger partial charge is 0.255 e. The molecule has 2 aromatic rings. The predicted octanol–water partition coefficient (Wildman–Crippen LogP) is 2.22. The van der Waals surface area contributed by atoms with Crippen LogP contribution in [0, 0.1) is 6.92 Å². The Bertz CT molecular complexity index is 731. The van der Waals surface area contributed by atoms with Crippen LogP contribution in [-0.4, -0.2) is 51.3 Å². The van der Waals surface area contributed by atoms with E-state index in [2.05, 4.69) is 14.9 Å². The van der Waals surface area contributed by atoms with Crippen LogP contribution >= 0.6 is 0 Å². The Kier molecular flexibility index (Phi) is 4.85. The third-order valence-corrected chi connectivity index (χ3v) is 4.16. The lowest BCUT2D eigenvalue weighted by atomic mass is 10.1. The number of carbonyl (C=O) groups excluding carboxylic acids is 1. The van der Waals surface area contributed by atoms with Gasteiger partial charge in [0.15, 0.2) is 0 Å². The highest BCUT2D eigenvalue weighted by molar-refractivity contribution is 5.94. The average molecular weight is 325 g/mol. The van der Waals surface area contributed by atoms with Crippen molar-refractivity contribution in [2.45, 2.75) is 32.4 Å². The maximum atomic E-state index is 12.9. The highest BCUT2D eigenvalue weighted by Crippen LogP contribution is 2.31. The summed E-state index contributed by atoms with van der Waals surface area (Å²) in [5.74, 6) is 0.0218. The van der Waals surface area contributed by atoms with Gasteiger partial charge in [0.05, 0.1) is 29.2 Å². The van der Waals surface area contributed by atoms with Gasteiger partial charge in [-0.2, -0.15) is 0 Å². The molecule has 0 radical (unpaired) electrons. The van der Waals surface area contributed by atoms with Gasteiger partial charge in [0, 0.05) is 31.7 Å². The molecule has 1 unspecified atom stereocenters. The van der Waals surface area contributed by atoms with Gasteiger partial charge in [0.25, 0.3) is 5.91 Å². The molecule has 3 rings (SSSR count). The van der Waals surface area contributed by atoms with Crippen molar-refractivity contribution in [2.24, 2.45) is 0 Å². The lowest BCUT2D eigenvalue weighted by Crippen LogP contribution is -2.31. The molecule has 0 saturated carbocycles. The molecular weight excluding hydrogens is 302 g/mol. The van der Waals surface area contributed by atoms with E-state index in [1.54, 1.807) is 24.8 Å². The molecule has 1 aliphatic rings. The van der Waals surface area contributed by atoms with Gasteiger partial charge >= 0.3 is 0 Å². The second-order valence-electron chi connectivity index (χ2n) is 6.58. The number of hydrogen-bond acceptors (Lipinski definition) is 5. The topological polar surface area (TPSA) is 62.2 Å². The molecule has 0 aliphatic carbocycles. The molecular formula is C18H23N5O. The third-order valence-electron chi connectivity index (χ3n) is 4.16. The molecule has 0 aromatic carbocycles. The Labute approximate surface area is 142 Å². The van der Waals surface area contributed by atoms with E-state index < -0.39 is 0 Å². The predicted molar refractivity (Wildman–Crippen MR) is 91.4 cm³/mol. The first-order valence-corrected chi connectivity index (χ1v) is 8.23. The summed E-state index contributed by atoms with van der Waals surface area (Å²) in [5.41, 5.74) is 3.43. The van der Waals surface area contributed by atoms with E-state index in [0.29, 0.717) is 5.56 Å². The first-order chi connectivity index (χ1) is 11.5. The Hall–Kier alpha value is -2.34. The summed E-state index contributed by atoms with van der Waals surface area (Å²) in [6.07, 6.45) is 8.87. The highest BCUT2D eigenvalue weighted by atomic mass is 16.2. The minimum Gasteiger partial charge on any atom is -0.330 e. The molecule has 2 aromatic heterocycles. The van der Waals surface area contributed by atoms with E-state index in [9.17, 15) is 4.79 Å². The first kappa shape index (κ1) is 16.5. The van der Waals surface area contributed by atoms with Gasteiger partial charge in [0.2, 0.25) is 0 Å². The molecule has 126 valence electrons. The number of aromatic nitrogens is 3. The van der Waals surface area contributed by atoms with Crippen LogP contribution in [-0.2, 0) is 6.54 Å². The summed E-state index contributed by atoms with van der Waals surface area (Å²) in [7, 11) is 4.01. The van der Waals surface area contributed by atoms with E-state index >= 15 is 0 Å². The van der Waals surface area contributed by atoms with Crippen molar-refractivity contribution in [1.82, 2.24) is 24.8 Å². The lowest BCUT2D eigenvalue weighted by molar-refractivity contribution is 0.0732. The summed E-state index contributed by atoms with van der Waals surface area (Å²) in [5, 5.41) is 0. The van der Waals surface area contributed by atoms with Crippen LogP contribution in [0.15, 0.2) is 30.9 Å². The van der Waals surface area contributed by atoms with E-state index in [1.165, 1.54) is 0 Å². The zero-order valence-electron chi connectivity index (χ0n) is 14.4. The Morgan fingerprint density at radius 3 is 2.79 bits per heavy atom. The SMILES string of the molecule is Cc1cncc(C(=O)N2CCCC2c2cncc(CN(C)C)n2)c1. The highest BCUT2D eigenvalue weighted by Gasteiger charge is 2.32. The number of rotatable bonds is 4. The molecule has 0 bridgehead atoms. The summed E-state index contributed by atoms with van der Waals surface area (Å²) < 4.78 is 0. The quantitative estimate of drug-likeness (QED) is 0.862. The fourth-order valence-corrected chi connectivity index (χ4v) is 3.14. The summed E-state index contributed by atoms with van der Waals surface area (Å²) in [6, 6.07) is 1.88. The van der Waals surface area contributed by atoms with Crippen molar-refractivity contribution in [2.75, 3.05) is 20.6 Å². The van der Waals surface area contributed by atoms with Crippen molar-refractivity contribution in [3.8, 4) is 0 Å². The van der Waals surface area contributed by atoms with E-state index in [-0.39, 0.29) is 11.9 Å². The first-order valence-electron chi connectivity index (χ1n) is 8.23. The van der Waals surface area contributed by atoms with Crippen LogP contribution in [0.5, 0.6) is 0 Å². The number of likely N-dealkylation sites (tertiary alicyclic amines) is 1. The van der Waals surface area contributed by atoms with E-state index in [1.807, 2.05) is 32.0 Å². The molecule has 6 heteroatoms. The molecule has 0 N–H and O–H groups in total. The largest absolute Gasteiger partial charge is 0.330 e. The zero-order chi connectivity index (χ0) is 17.1. The molecule has 0 spiro atoms. The average Bonchev–Trinajstić information content (AvgIpc) is 3.03. The standard InChI is InChI=1S/C18H23N5O/c1-13-7-14(9-19-8-13)18(24)23-6-4-5-17(23)16-11-20-10-15(21-16)12-22(2)3/h7-11,17H,4-6,12H2,1-3H3. The van der Waals surface area contributed by atoms with Gasteiger partial charge in [-0.15, -0.1) is 0 Å². The van der Waals surface area contributed by atoms with Crippen molar-refractivity contribution in [1.29, 1.82) is 0 Å². The van der Waals surface area contributed by atoms with Crippen LogP contribution in [0.25, 0.3) is 0 Å².